The van der Waals surface area contributed by atoms with Crippen LogP contribution in [-0.2, 0) is 55.8 Å². The summed E-state index contributed by atoms with van der Waals surface area (Å²) in [5.74, 6) is -1.60. The van der Waals surface area contributed by atoms with E-state index in [9.17, 15) is 43.5 Å². The van der Waals surface area contributed by atoms with E-state index in [2.05, 4.69) is 154 Å². The molecule has 0 aliphatic rings. The molecule has 5 unspecified atom stereocenters. The van der Waals surface area contributed by atoms with Crippen LogP contribution in [0.15, 0.2) is 134 Å². The summed E-state index contributed by atoms with van der Waals surface area (Å²) in [5, 5.41) is 20.6. The number of carbonyl (C=O) groups is 3. The number of phosphoric acid groups is 2. The van der Waals surface area contributed by atoms with Gasteiger partial charge in [0.15, 0.2) is 6.10 Å². The van der Waals surface area contributed by atoms with Crippen molar-refractivity contribution in [2.75, 3.05) is 39.6 Å². The number of aliphatic hydroxyl groups is 2. The Morgan fingerprint density at radius 2 is 0.546 bits per heavy atom. The quantitative estimate of drug-likeness (QED) is 0.0146. The molecule has 4 N–H and O–H groups in total. The molecule has 18 heteroatoms. The summed E-state index contributed by atoms with van der Waals surface area (Å²) < 4.78 is 61.0. The Bertz CT molecular complexity index is 2300. The standard InChI is InChI=1S/C79H134O16P2/c1-4-7-10-13-16-19-22-25-27-29-31-33-35-36-38-40-41-43-45-48-50-53-56-59-62-65-77(82)89-68-74(80)69-91-96(85,86)92-70-75(81)71-93-97(87,88)94-73-76(95-79(84)67-64-61-58-55-52-47-24-21-18-15-12-9-6-3)72-90-78(83)66-63-60-57-54-51-49-46-44-42-39-37-34-32-30-28-26-23-20-17-14-11-8-5-2/h7-8,10-11,16-17,19-20,25-28,31-34,36,38-39,41-43,74-76,80-81H,4-6,9,12-15,18,21-24,29-30,35,37,40,44-73H2,1-3H3,(H,85,86)(H,87,88)/b10-7-,11-8-,19-16-,20-17-,27-25-,28-26-,33-31-,34-32-,38-36-,42-39-,43-41-. The first-order valence-electron chi connectivity index (χ1n) is 37.5. The highest BCUT2D eigenvalue weighted by Crippen LogP contribution is 2.45. The lowest BCUT2D eigenvalue weighted by molar-refractivity contribution is -0.161. The molecule has 16 nitrogen and oxygen atoms in total. The number of aliphatic hydroxyl groups excluding tert-OH is 2. The molecule has 556 valence electrons. The van der Waals surface area contributed by atoms with E-state index >= 15 is 0 Å². The molecule has 0 fully saturated rings. The summed E-state index contributed by atoms with van der Waals surface area (Å²) in [6.45, 7) is 2.42. The van der Waals surface area contributed by atoms with E-state index in [1.165, 1.54) is 51.4 Å². The fourth-order valence-electron chi connectivity index (χ4n) is 9.72. The summed E-state index contributed by atoms with van der Waals surface area (Å²) in [4.78, 5) is 58.5. The molecule has 0 radical (unpaired) electrons. The molecule has 0 spiro atoms. The van der Waals surface area contributed by atoms with E-state index in [4.69, 9.17) is 32.3 Å². The van der Waals surface area contributed by atoms with Gasteiger partial charge in [-0.2, -0.15) is 0 Å². The second-order valence-electron chi connectivity index (χ2n) is 24.7. The van der Waals surface area contributed by atoms with E-state index in [1.807, 2.05) is 0 Å². The monoisotopic (exact) mass is 1400 g/mol. The van der Waals surface area contributed by atoms with Gasteiger partial charge in [0.2, 0.25) is 0 Å². The topological polar surface area (TPSA) is 231 Å². The minimum absolute atomic E-state index is 0.102. The van der Waals surface area contributed by atoms with Crippen molar-refractivity contribution in [2.24, 2.45) is 0 Å². The van der Waals surface area contributed by atoms with Crippen LogP contribution in [0.25, 0.3) is 0 Å². The maximum atomic E-state index is 12.9. The van der Waals surface area contributed by atoms with E-state index in [0.717, 1.165) is 180 Å². The van der Waals surface area contributed by atoms with Crippen LogP contribution in [-0.4, -0.2) is 95.9 Å². The molecule has 5 atom stereocenters. The Kier molecular flexibility index (Phi) is 68.3. The number of carbonyl (C=O) groups excluding carboxylic acids is 3. The SMILES string of the molecule is CC/C=C\C/C=C\C/C=C\C/C=C\C/C=C\C/C=C\CCCCCCCCC(=O)OCC(O)COP(=O)(O)OCC(O)COP(=O)(O)OCC(COC(=O)CCCCCCCCC/C=C\C/C=C\C/C=C\C/C=C\C/C=C\CC)OC(=O)CCCCCCCCCCCCCCC. The minimum atomic E-state index is -4.93. The van der Waals surface area contributed by atoms with Crippen molar-refractivity contribution in [3.63, 3.8) is 0 Å². The normalized spacial score (nSPS) is 14.8. The van der Waals surface area contributed by atoms with E-state index in [1.54, 1.807) is 0 Å². The van der Waals surface area contributed by atoms with Gasteiger partial charge in [-0.3, -0.25) is 32.5 Å². The third kappa shape index (κ3) is 72.8. The zero-order chi connectivity index (χ0) is 70.9. The van der Waals surface area contributed by atoms with Gasteiger partial charge in [-0.1, -0.05) is 289 Å². The highest BCUT2D eigenvalue weighted by Gasteiger charge is 2.29. The lowest BCUT2D eigenvalue weighted by Gasteiger charge is -2.21. The highest BCUT2D eigenvalue weighted by molar-refractivity contribution is 7.47. The molecule has 0 amide bonds. The molecule has 97 heavy (non-hydrogen) atoms. The fraction of sp³-hybridized carbons (Fsp3) is 0.684. The van der Waals surface area contributed by atoms with Crippen molar-refractivity contribution in [1.82, 2.24) is 0 Å². The summed E-state index contributed by atoms with van der Waals surface area (Å²) in [6, 6.07) is 0. The first-order chi connectivity index (χ1) is 47.2. The second kappa shape index (κ2) is 71.5. The summed E-state index contributed by atoms with van der Waals surface area (Å²) >= 11 is 0. The van der Waals surface area contributed by atoms with Crippen LogP contribution < -0.4 is 0 Å². The van der Waals surface area contributed by atoms with Crippen LogP contribution in [0, 0.1) is 0 Å². The molecule has 0 rings (SSSR count). The average Bonchev–Trinajstić information content (AvgIpc) is 1.58. The molecular formula is C79H134O16P2. The summed E-state index contributed by atoms with van der Waals surface area (Å²) in [6.07, 6.45) is 84.9. The van der Waals surface area contributed by atoms with Gasteiger partial charge in [-0.25, -0.2) is 9.13 Å². The number of ether oxygens (including phenoxy) is 3. The van der Waals surface area contributed by atoms with E-state index < -0.39 is 91.5 Å². The van der Waals surface area contributed by atoms with Crippen molar-refractivity contribution in [1.29, 1.82) is 0 Å². The van der Waals surface area contributed by atoms with Crippen molar-refractivity contribution in [2.45, 2.75) is 309 Å². The van der Waals surface area contributed by atoms with Crippen LogP contribution in [0.1, 0.15) is 290 Å². The lowest BCUT2D eigenvalue weighted by Crippen LogP contribution is -2.30. The number of rotatable bonds is 70. The number of allylic oxidation sites excluding steroid dienone is 22. The lowest BCUT2D eigenvalue weighted by atomic mass is 10.0. The maximum absolute atomic E-state index is 12.9. The van der Waals surface area contributed by atoms with Gasteiger partial charge in [0.05, 0.1) is 26.4 Å². The number of hydrogen-bond acceptors (Lipinski definition) is 14. The van der Waals surface area contributed by atoms with Crippen molar-refractivity contribution in [3.8, 4) is 0 Å². The van der Waals surface area contributed by atoms with Crippen LogP contribution >= 0.6 is 15.6 Å². The Morgan fingerprint density at radius 3 is 0.866 bits per heavy atom. The zero-order valence-electron chi connectivity index (χ0n) is 60.5. The van der Waals surface area contributed by atoms with Gasteiger partial charge in [0.1, 0.15) is 25.4 Å². The van der Waals surface area contributed by atoms with Crippen LogP contribution in [0.3, 0.4) is 0 Å². The summed E-state index contributed by atoms with van der Waals surface area (Å²) in [5.41, 5.74) is 0. The average molecular weight is 1400 g/mol. The second-order valence-corrected chi connectivity index (χ2v) is 27.6. The van der Waals surface area contributed by atoms with E-state index in [-0.39, 0.29) is 19.3 Å². The van der Waals surface area contributed by atoms with Gasteiger partial charge >= 0.3 is 33.6 Å². The molecule has 0 bridgehead atoms. The number of phosphoric ester groups is 2. The number of unbranched alkanes of at least 4 members (excludes halogenated alkanes) is 25. The van der Waals surface area contributed by atoms with Crippen molar-refractivity contribution in [3.05, 3.63) is 134 Å². The van der Waals surface area contributed by atoms with Crippen LogP contribution in [0.5, 0.6) is 0 Å². The molecule has 0 aliphatic carbocycles. The summed E-state index contributed by atoms with van der Waals surface area (Å²) in [7, 11) is -9.79. The third-order valence-electron chi connectivity index (χ3n) is 15.4. The third-order valence-corrected chi connectivity index (χ3v) is 17.3. The first-order valence-corrected chi connectivity index (χ1v) is 40.5. The Morgan fingerprint density at radius 1 is 0.299 bits per heavy atom. The predicted molar refractivity (Wildman–Crippen MR) is 399 cm³/mol. The predicted octanol–water partition coefficient (Wildman–Crippen LogP) is 21.5. The molecule has 0 aromatic rings. The Balaban J connectivity index is 4.60. The number of esters is 3. The molecule has 0 aromatic heterocycles. The first kappa shape index (κ1) is 92.7. The molecule has 0 aromatic carbocycles. The van der Waals surface area contributed by atoms with Crippen molar-refractivity contribution >= 4 is 33.6 Å². The minimum Gasteiger partial charge on any atom is -0.463 e. The Labute approximate surface area is 588 Å². The molecule has 0 heterocycles. The smallest absolute Gasteiger partial charge is 0.463 e. The fourth-order valence-corrected chi connectivity index (χ4v) is 11.3. The molecule has 0 saturated heterocycles. The molecule has 0 aliphatic heterocycles. The molecule has 0 saturated carbocycles. The van der Waals surface area contributed by atoms with E-state index in [0.29, 0.717) is 19.3 Å². The van der Waals surface area contributed by atoms with Gasteiger partial charge in [0.25, 0.3) is 0 Å². The Hall–Kier alpha value is -4.31. The van der Waals surface area contributed by atoms with Gasteiger partial charge in [-0.15, -0.1) is 0 Å². The van der Waals surface area contributed by atoms with Crippen LogP contribution in [0.4, 0.5) is 0 Å². The molecular weight excluding hydrogens is 1270 g/mol. The van der Waals surface area contributed by atoms with Crippen molar-refractivity contribution < 1.29 is 75.8 Å². The largest absolute Gasteiger partial charge is 0.472 e. The zero-order valence-corrected chi connectivity index (χ0v) is 62.2. The van der Waals surface area contributed by atoms with Gasteiger partial charge in [-0.05, 0) is 116 Å². The maximum Gasteiger partial charge on any atom is 0.472 e. The van der Waals surface area contributed by atoms with Crippen LogP contribution in [0.2, 0.25) is 0 Å². The van der Waals surface area contributed by atoms with Gasteiger partial charge in [0, 0.05) is 19.3 Å². The van der Waals surface area contributed by atoms with Gasteiger partial charge < -0.3 is 34.2 Å². The highest BCUT2D eigenvalue weighted by atomic mass is 31.2. The number of hydrogen-bond donors (Lipinski definition) is 4.